The van der Waals surface area contributed by atoms with Gasteiger partial charge in [-0.25, -0.2) is 4.68 Å². The first-order chi connectivity index (χ1) is 7.03. The van der Waals surface area contributed by atoms with Gasteiger partial charge in [0.05, 0.1) is 5.69 Å². The van der Waals surface area contributed by atoms with Crippen LogP contribution >= 0.6 is 15.9 Å². The molecule has 1 aromatic heterocycles. The van der Waals surface area contributed by atoms with Crippen molar-refractivity contribution in [3.05, 3.63) is 18.0 Å². The van der Waals surface area contributed by atoms with Crippen LogP contribution in [0.15, 0.2) is 12.3 Å². The van der Waals surface area contributed by atoms with E-state index in [-0.39, 0.29) is 0 Å². The lowest BCUT2D eigenvalue weighted by Crippen LogP contribution is -2.22. The molecule has 0 fully saturated rings. The van der Waals surface area contributed by atoms with Crippen molar-refractivity contribution in [1.29, 1.82) is 0 Å². The lowest BCUT2D eigenvalue weighted by Gasteiger charge is -2.15. The zero-order valence-corrected chi connectivity index (χ0v) is 12.2. The molecular weight excluding hydrogens is 272 g/mol. The molecule has 1 rings (SSSR count). The fourth-order valence-electron chi connectivity index (χ4n) is 1.12. The molecule has 0 aromatic carbocycles. The number of aromatic nitrogens is 2. The summed E-state index contributed by atoms with van der Waals surface area (Å²) in [5.41, 5.74) is 1.16. The van der Waals surface area contributed by atoms with Gasteiger partial charge in [-0.1, -0.05) is 35.6 Å². The number of hydrogen-bond acceptors (Lipinski definition) is 2. The van der Waals surface area contributed by atoms with Crippen molar-refractivity contribution in [3.8, 4) is 0 Å². The fraction of sp³-hybridized carbons (Fsp3) is 0.700. The van der Waals surface area contributed by atoms with Crippen molar-refractivity contribution in [2.24, 2.45) is 0 Å². The molecule has 0 saturated heterocycles. The van der Waals surface area contributed by atoms with E-state index in [1.807, 2.05) is 10.7 Å². The van der Waals surface area contributed by atoms with E-state index in [0.29, 0.717) is 6.73 Å². The Morgan fingerprint density at radius 1 is 1.47 bits per heavy atom. The van der Waals surface area contributed by atoms with Crippen LogP contribution in [-0.4, -0.2) is 24.5 Å². The number of ether oxygens (including phenoxy) is 1. The topological polar surface area (TPSA) is 27.1 Å². The standard InChI is InChI=1S/C10H19BrN2OSi/c1-15(2,3)7-6-14-9-13-10(8-11)4-5-12-13/h4-5H,6-9H2,1-3H3. The maximum atomic E-state index is 5.61. The Balaban J connectivity index is 2.26. The van der Waals surface area contributed by atoms with Crippen molar-refractivity contribution in [2.45, 2.75) is 37.7 Å². The van der Waals surface area contributed by atoms with Gasteiger partial charge in [-0.3, -0.25) is 0 Å². The minimum Gasteiger partial charge on any atom is -0.360 e. The highest BCUT2D eigenvalue weighted by Crippen LogP contribution is 2.09. The number of rotatable bonds is 6. The van der Waals surface area contributed by atoms with Crippen LogP contribution in [0.4, 0.5) is 0 Å². The van der Waals surface area contributed by atoms with Gasteiger partial charge in [0.1, 0.15) is 6.73 Å². The van der Waals surface area contributed by atoms with Crippen molar-refractivity contribution in [2.75, 3.05) is 6.61 Å². The summed E-state index contributed by atoms with van der Waals surface area (Å²) in [6, 6.07) is 3.20. The zero-order valence-electron chi connectivity index (χ0n) is 9.66. The molecule has 0 N–H and O–H groups in total. The SMILES string of the molecule is C[Si](C)(C)CCOCn1nccc1CBr. The van der Waals surface area contributed by atoms with Gasteiger partial charge in [0, 0.05) is 26.2 Å². The average molecular weight is 291 g/mol. The van der Waals surface area contributed by atoms with Crippen molar-refractivity contribution >= 4 is 24.0 Å². The Kier molecular flexibility index (Phi) is 5.02. The Labute approximate surface area is 101 Å². The Morgan fingerprint density at radius 3 is 2.80 bits per heavy atom. The molecule has 0 saturated carbocycles. The minimum atomic E-state index is -0.965. The average Bonchev–Trinajstić information content (AvgIpc) is 2.58. The van der Waals surface area contributed by atoms with Crippen LogP contribution in [0.3, 0.4) is 0 Å². The molecule has 0 bridgehead atoms. The van der Waals surface area contributed by atoms with E-state index in [0.717, 1.165) is 17.6 Å². The van der Waals surface area contributed by atoms with Gasteiger partial charge < -0.3 is 4.74 Å². The smallest absolute Gasteiger partial charge is 0.139 e. The van der Waals surface area contributed by atoms with Gasteiger partial charge in [0.25, 0.3) is 0 Å². The molecule has 0 aliphatic carbocycles. The molecule has 0 radical (unpaired) electrons. The van der Waals surface area contributed by atoms with E-state index in [1.54, 1.807) is 6.20 Å². The molecule has 15 heavy (non-hydrogen) atoms. The molecule has 0 aliphatic heterocycles. The van der Waals surface area contributed by atoms with Crippen LogP contribution in [-0.2, 0) is 16.8 Å². The molecular formula is C10H19BrN2OSi. The molecule has 86 valence electrons. The molecule has 0 spiro atoms. The minimum absolute atomic E-state index is 0.568. The van der Waals surface area contributed by atoms with Crippen molar-refractivity contribution in [1.82, 2.24) is 9.78 Å². The molecule has 1 heterocycles. The largest absolute Gasteiger partial charge is 0.360 e. The highest BCUT2D eigenvalue weighted by Gasteiger charge is 2.12. The summed E-state index contributed by atoms with van der Waals surface area (Å²) in [5.74, 6) is 0. The fourth-order valence-corrected chi connectivity index (χ4v) is 2.35. The molecule has 3 nitrogen and oxygen atoms in total. The normalized spacial score (nSPS) is 12.0. The molecule has 1 aromatic rings. The summed E-state index contributed by atoms with van der Waals surface area (Å²) >= 11 is 3.42. The third-order valence-electron chi connectivity index (χ3n) is 2.15. The van der Waals surface area contributed by atoms with E-state index < -0.39 is 8.07 Å². The summed E-state index contributed by atoms with van der Waals surface area (Å²) in [6.45, 7) is 8.48. The third kappa shape index (κ3) is 4.95. The highest BCUT2D eigenvalue weighted by atomic mass is 79.9. The van der Waals surface area contributed by atoms with Crippen LogP contribution in [0, 0.1) is 0 Å². The molecule has 0 aliphatic rings. The third-order valence-corrected chi connectivity index (χ3v) is 4.43. The first-order valence-corrected chi connectivity index (χ1v) is 10.0. The summed E-state index contributed by atoms with van der Waals surface area (Å²) in [5, 5.41) is 5.02. The van der Waals surface area contributed by atoms with Gasteiger partial charge in [0.15, 0.2) is 0 Å². The van der Waals surface area contributed by atoms with Crippen LogP contribution < -0.4 is 0 Å². The Morgan fingerprint density at radius 2 is 2.20 bits per heavy atom. The quantitative estimate of drug-likeness (QED) is 0.457. The Bertz CT molecular complexity index is 296. The van der Waals surface area contributed by atoms with Crippen LogP contribution in [0.2, 0.25) is 25.7 Å². The lowest BCUT2D eigenvalue weighted by atomic mass is 10.5. The van der Waals surface area contributed by atoms with E-state index in [4.69, 9.17) is 4.74 Å². The summed E-state index contributed by atoms with van der Waals surface area (Å²) < 4.78 is 7.50. The molecule has 0 unspecified atom stereocenters. The van der Waals surface area contributed by atoms with Crippen LogP contribution in [0.25, 0.3) is 0 Å². The number of hydrogen-bond donors (Lipinski definition) is 0. The van der Waals surface area contributed by atoms with Gasteiger partial charge in [0.2, 0.25) is 0 Å². The molecule has 5 heteroatoms. The van der Waals surface area contributed by atoms with E-state index >= 15 is 0 Å². The second-order valence-electron chi connectivity index (χ2n) is 4.80. The molecule has 0 amide bonds. The lowest BCUT2D eigenvalue weighted by molar-refractivity contribution is 0.0770. The summed E-state index contributed by atoms with van der Waals surface area (Å²) in [7, 11) is -0.965. The second kappa shape index (κ2) is 5.82. The summed E-state index contributed by atoms with van der Waals surface area (Å²) in [4.78, 5) is 0. The highest BCUT2D eigenvalue weighted by molar-refractivity contribution is 9.08. The predicted octanol–water partition coefficient (Wildman–Crippen LogP) is 3.09. The predicted molar refractivity (Wildman–Crippen MR) is 69.0 cm³/mol. The van der Waals surface area contributed by atoms with E-state index in [2.05, 4.69) is 40.7 Å². The van der Waals surface area contributed by atoms with Crippen molar-refractivity contribution < 1.29 is 4.74 Å². The first kappa shape index (κ1) is 12.9. The van der Waals surface area contributed by atoms with E-state index in [1.165, 1.54) is 6.04 Å². The van der Waals surface area contributed by atoms with Gasteiger partial charge in [-0.2, -0.15) is 5.10 Å². The van der Waals surface area contributed by atoms with Crippen LogP contribution in [0.5, 0.6) is 0 Å². The monoisotopic (exact) mass is 290 g/mol. The second-order valence-corrected chi connectivity index (χ2v) is 11.0. The Hall–Kier alpha value is -0.133. The first-order valence-electron chi connectivity index (χ1n) is 5.17. The number of nitrogens with zero attached hydrogens (tertiary/aromatic N) is 2. The zero-order chi connectivity index (χ0) is 11.3. The maximum Gasteiger partial charge on any atom is 0.139 e. The van der Waals surface area contributed by atoms with Crippen LogP contribution in [0.1, 0.15) is 5.69 Å². The summed E-state index contributed by atoms with van der Waals surface area (Å²) in [6.07, 6.45) is 1.80. The number of alkyl halides is 1. The number of halogens is 1. The van der Waals surface area contributed by atoms with Gasteiger partial charge in [-0.15, -0.1) is 0 Å². The van der Waals surface area contributed by atoms with E-state index in [9.17, 15) is 0 Å². The van der Waals surface area contributed by atoms with Gasteiger partial charge >= 0.3 is 0 Å². The molecule has 0 atom stereocenters. The van der Waals surface area contributed by atoms with Crippen molar-refractivity contribution in [3.63, 3.8) is 0 Å². The maximum absolute atomic E-state index is 5.61. The van der Waals surface area contributed by atoms with Gasteiger partial charge in [-0.05, 0) is 12.1 Å².